The zero-order chi connectivity index (χ0) is 9.84. The van der Waals surface area contributed by atoms with Crippen molar-refractivity contribution in [2.24, 2.45) is 0 Å². The Labute approximate surface area is 77.7 Å². The third-order valence-corrected chi connectivity index (χ3v) is 1.93. The lowest BCUT2D eigenvalue weighted by Crippen LogP contribution is -2.32. The zero-order valence-electron chi connectivity index (χ0n) is 8.22. The molecule has 0 radical (unpaired) electrons. The molecule has 1 heterocycles. The fourth-order valence-electron chi connectivity index (χ4n) is 0.934. The highest BCUT2D eigenvalue weighted by Gasteiger charge is 2.10. The molecular weight excluding hydrogens is 166 g/mol. The number of aromatic amines is 1. The first-order valence-electron chi connectivity index (χ1n) is 4.46. The quantitative estimate of drug-likeness (QED) is 0.737. The van der Waals surface area contributed by atoms with Gasteiger partial charge in [0.1, 0.15) is 5.69 Å². The minimum absolute atomic E-state index is 0.112. The van der Waals surface area contributed by atoms with Gasteiger partial charge in [-0.1, -0.05) is 6.92 Å². The van der Waals surface area contributed by atoms with Crippen LogP contribution in [0.25, 0.3) is 0 Å². The van der Waals surface area contributed by atoms with Gasteiger partial charge in [-0.25, -0.2) is 0 Å². The number of carbonyl (C=O) groups excluding carboxylic acids is 1. The van der Waals surface area contributed by atoms with Gasteiger partial charge in [0.15, 0.2) is 0 Å². The smallest absolute Gasteiger partial charge is 0.271 e. The number of aryl methyl sites for hydroxylation is 1. The van der Waals surface area contributed by atoms with Crippen LogP contribution in [0.4, 0.5) is 0 Å². The van der Waals surface area contributed by atoms with Crippen molar-refractivity contribution >= 4 is 5.91 Å². The first kappa shape index (κ1) is 9.77. The molecule has 4 heteroatoms. The lowest BCUT2D eigenvalue weighted by atomic mass is 10.2. The van der Waals surface area contributed by atoms with Crippen molar-refractivity contribution in [3.8, 4) is 0 Å². The Morgan fingerprint density at radius 1 is 1.77 bits per heavy atom. The van der Waals surface area contributed by atoms with Crippen molar-refractivity contribution < 1.29 is 4.79 Å². The Kier molecular flexibility index (Phi) is 3.06. The molecule has 0 bridgehead atoms. The van der Waals surface area contributed by atoms with Crippen molar-refractivity contribution in [1.29, 1.82) is 0 Å². The van der Waals surface area contributed by atoms with E-state index in [1.54, 1.807) is 6.07 Å². The fraction of sp³-hybridized carbons (Fsp3) is 0.556. The topological polar surface area (TPSA) is 57.8 Å². The average Bonchev–Trinajstić information content (AvgIpc) is 2.51. The first-order valence-corrected chi connectivity index (χ1v) is 4.46. The Morgan fingerprint density at radius 3 is 2.92 bits per heavy atom. The minimum Gasteiger partial charge on any atom is -0.348 e. The molecule has 1 aromatic heterocycles. The SMILES string of the molecule is CC[C@H](C)NC(=O)c1cc(C)[nH]n1. The largest absolute Gasteiger partial charge is 0.348 e. The van der Waals surface area contributed by atoms with E-state index in [2.05, 4.69) is 15.5 Å². The van der Waals surface area contributed by atoms with E-state index in [1.807, 2.05) is 20.8 Å². The van der Waals surface area contributed by atoms with Crippen LogP contribution in [0.1, 0.15) is 36.5 Å². The van der Waals surface area contributed by atoms with Gasteiger partial charge in [0.25, 0.3) is 5.91 Å². The molecule has 0 aliphatic rings. The number of carbonyl (C=O) groups is 1. The van der Waals surface area contributed by atoms with Crippen LogP contribution < -0.4 is 5.32 Å². The maximum absolute atomic E-state index is 11.4. The summed E-state index contributed by atoms with van der Waals surface area (Å²) in [4.78, 5) is 11.4. The van der Waals surface area contributed by atoms with Crippen LogP contribution in [-0.2, 0) is 0 Å². The predicted octanol–water partition coefficient (Wildman–Crippen LogP) is 1.25. The zero-order valence-corrected chi connectivity index (χ0v) is 8.22. The Bertz CT molecular complexity index is 293. The minimum atomic E-state index is -0.112. The van der Waals surface area contributed by atoms with Gasteiger partial charge in [-0.15, -0.1) is 0 Å². The van der Waals surface area contributed by atoms with Crippen molar-refractivity contribution in [1.82, 2.24) is 15.5 Å². The summed E-state index contributed by atoms with van der Waals surface area (Å²) in [5.74, 6) is -0.112. The molecular formula is C9H15N3O. The Balaban J connectivity index is 2.58. The molecule has 0 saturated carbocycles. The van der Waals surface area contributed by atoms with Crippen LogP contribution in [0.15, 0.2) is 6.07 Å². The van der Waals surface area contributed by atoms with Gasteiger partial charge in [0.05, 0.1) is 0 Å². The summed E-state index contributed by atoms with van der Waals surface area (Å²) in [5.41, 5.74) is 1.35. The van der Waals surface area contributed by atoms with E-state index in [0.717, 1.165) is 12.1 Å². The molecule has 0 aromatic carbocycles. The number of hydrogen-bond donors (Lipinski definition) is 2. The Morgan fingerprint density at radius 2 is 2.46 bits per heavy atom. The van der Waals surface area contributed by atoms with Crippen LogP contribution in [0.2, 0.25) is 0 Å². The van der Waals surface area contributed by atoms with Gasteiger partial charge in [-0.3, -0.25) is 9.89 Å². The van der Waals surface area contributed by atoms with E-state index >= 15 is 0 Å². The fourth-order valence-corrected chi connectivity index (χ4v) is 0.934. The second-order valence-electron chi connectivity index (χ2n) is 3.22. The molecule has 4 nitrogen and oxygen atoms in total. The molecule has 1 aromatic rings. The number of rotatable bonds is 3. The van der Waals surface area contributed by atoms with Gasteiger partial charge in [0, 0.05) is 11.7 Å². The van der Waals surface area contributed by atoms with Crippen LogP contribution in [0, 0.1) is 6.92 Å². The van der Waals surface area contributed by atoms with Crippen molar-refractivity contribution in [2.45, 2.75) is 33.2 Å². The molecule has 0 spiro atoms. The summed E-state index contributed by atoms with van der Waals surface area (Å²) in [6.07, 6.45) is 0.926. The van der Waals surface area contributed by atoms with Crippen LogP contribution in [-0.4, -0.2) is 22.1 Å². The highest BCUT2D eigenvalue weighted by atomic mass is 16.2. The molecule has 72 valence electrons. The maximum atomic E-state index is 11.4. The molecule has 0 aliphatic heterocycles. The van der Waals surface area contributed by atoms with Gasteiger partial charge >= 0.3 is 0 Å². The molecule has 1 rings (SSSR count). The molecule has 1 amide bonds. The molecule has 0 aliphatic carbocycles. The highest BCUT2D eigenvalue weighted by Crippen LogP contribution is 1.98. The van der Waals surface area contributed by atoms with Crippen molar-refractivity contribution in [2.75, 3.05) is 0 Å². The lowest BCUT2D eigenvalue weighted by molar-refractivity contribution is 0.0934. The van der Waals surface area contributed by atoms with E-state index in [9.17, 15) is 4.79 Å². The third-order valence-electron chi connectivity index (χ3n) is 1.93. The van der Waals surface area contributed by atoms with E-state index < -0.39 is 0 Å². The predicted molar refractivity (Wildman–Crippen MR) is 50.5 cm³/mol. The van der Waals surface area contributed by atoms with Gasteiger partial charge < -0.3 is 5.32 Å². The standard InChI is InChI=1S/C9H15N3O/c1-4-6(2)10-9(13)8-5-7(3)11-12-8/h5-6H,4H2,1-3H3,(H,10,13)(H,11,12)/t6-/m0/s1. The number of nitrogens with zero attached hydrogens (tertiary/aromatic N) is 1. The number of aromatic nitrogens is 2. The van der Waals surface area contributed by atoms with E-state index in [4.69, 9.17) is 0 Å². The highest BCUT2D eigenvalue weighted by molar-refractivity contribution is 5.92. The normalized spacial score (nSPS) is 12.5. The molecule has 1 atom stereocenters. The molecule has 0 saturated heterocycles. The second-order valence-corrected chi connectivity index (χ2v) is 3.22. The molecule has 0 unspecified atom stereocenters. The van der Waals surface area contributed by atoms with Crippen LogP contribution in [0.5, 0.6) is 0 Å². The molecule has 13 heavy (non-hydrogen) atoms. The average molecular weight is 181 g/mol. The summed E-state index contributed by atoms with van der Waals surface area (Å²) in [6.45, 7) is 5.87. The summed E-state index contributed by atoms with van der Waals surface area (Å²) in [5, 5.41) is 9.43. The summed E-state index contributed by atoms with van der Waals surface area (Å²) in [6, 6.07) is 1.93. The molecule has 0 fully saturated rings. The number of hydrogen-bond acceptors (Lipinski definition) is 2. The first-order chi connectivity index (χ1) is 6.13. The number of nitrogens with one attached hydrogen (secondary N) is 2. The van der Waals surface area contributed by atoms with Gasteiger partial charge in [-0.2, -0.15) is 5.10 Å². The summed E-state index contributed by atoms with van der Waals surface area (Å²) < 4.78 is 0. The van der Waals surface area contributed by atoms with E-state index in [0.29, 0.717) is 5.69 Å². The van der Waals surface area contributed by atoms with Crippen molar-refractivity contribution in [3.05, 3.63) is 17.5 Å². The monoisotopic (exact) mass is 181 g/mol. The molecule has 2 N–H and O–H groups in total. The summed E-state index contributed by atoms with van der Waals surface area (Å²) >= 11 is 0. The van der Waals surface area contributed by atoms with Gasteiger partial charge in [-0.05, 0) is 26.3 Å². The Hall–Kier alpha value is -1.32. The van der Waals surface area contributed by atoms with Gasteiger partial charge in [0.2, 0.25) is 0 Å². The maximum Gasteiger partial charge on any atom is 0.271 e. The third kappa shape index (κ3) is 2.57. The van der Waals surface area contributed by atoms with E-state index in [1.165, 1.54) is 0 Å². The second kappa shape index (κ2) is 4.07. The van der Waals surface area contributed by atoms with Crippen LogP contribution >= 0.6 is 0 Å². The number of H-pyrrole nitrogens is 1. The summed E-state index contributed by atoms with van der Waals surface area (Å²) in [7, 11) is 0. The van der Waals surface area contributed by atoms with Crippen LogP contribution in [0.3, 0.4) is 0 Å². The number of amides is 1. The van der Waals surface area contributed by atoms with Crippen molar-refractivity contribution in [3.63, 3.8) is 0 Å². The van der Waals surface area contributed by atoms with E-state index in [-0.39, 0.29) is 11.9 Å². The lowest BCUT2D eigenvalue weighted by Gasteiger charge is -2.08.